The second kappa shape index (κ2) is 7.33. The van der Waals surface area contributed by atoms with Crippen LogP contribution in [0.1, 0.15) is 45.0 Å². The zero-order chi connectivity index (χ0) is 14.5. The Morgan fingerprint density at radius 3 is 2.95 bits per heavy atom. The van der Waals surface area contributed by atoms with Gasteiger partial charge in [-0.05, 0) is 41.8 Å². The van der Waals surface area contributed by atoms with Crippen molar-refractivity contribution >= 4 is 44.5 Å². The predicted octanol–water partition coefficient (Wildman–Crippen LogP) is 4.55. The number of thiazole rings is 1. The normalized spacial score (nSPS) is 10.8. The lowest BCUT2D eigenvalue weighted by atomic mass is 10.3. The molecule has 2 aromatic rings. The Labute approximate surface area is 135 Å². The molecule has 0 unspecified atom stereocenters. The van der Waals surface area contributed by atoms with Crippen LogP contribution >= 0.6 is 38.6 Å². The van der Waals surface area contributed by atoms with E-state index in [-0.39, 0.29) is 5.91 Å². The van der Waals surface area contributed by atoms with Crippen molar-refractivity contribution in [2.75, 3.05) is 0 Å². The first-order valence-corrected chi connectivity index (χ1v) is 9.06. The highest BCUT2D eigenvalue weighted by Gasteiger charge is 2.15. The standard InChI is InChI=1S/C14H17BrN2OS2/c1-3-4-5-12-17-9(2)13(20-12)14(18)16-7-11-6-10(15)8-19-11/h6,8H,3-5,7H2,1-2H3,(H,16,18). The molecular formula is C14H17BrN2OS2. The number of rotatable bonds is 6. The largest absolute Gasteiger partial charge is 0.346 e. The summed E-state index contributed by atoms with van der Waals surface area (Å²) in [4.78, 5) is 18.5. The molecule has 2 rings (SSSR count). The molecule has 6 heteroatoms. The van der Waals surface area contributed by atoms with E-state index in [2.05, 4.69) is 33.2 Å². The lowest BCUT2D eigenvalue weighted by Crippen LogP contribution is -2.22. The van der Waals surface area contributed by atoms with E-state index >= 15 is 0 Å². The zero-order valence-corrected chi connectivity index (χ0v) is 14.8. The molecule has 0 radical (unpaired) electrons. The summed E-state index contributed by atoms with van der Waals surface area (Å²) in [5.41, 5.74) is 0.839. The average Bonchev–Trinajstić information content (AvgIpc) is 3.00. The van der Waals surface area contributed by atoms with Gasteiger partial charge in [0.1, 0.15) is 4.88 Å². The number of aryl methyl sites for hydroxylation is 2. The molecule has 1 amide bonds. The molecular weight excluding hydrogens is 356 g/mol. The van der Waals surface area contributed by atoms with Gasteiger partial charge in [0.05, 0.1) is 17.2 Å². The minimum absolute atomic E-state index is 0.0210. The number of halogens is 1. The summed E-state index contributed by atoms with van der Waals surface area (Å²) in [6.45, 7) is 4.63. The summed E-state index contributed by atoms with van der Waals surface area (Å²) in [5.74, 6) is -0.0210. The highest BCUT2D eigenvalue weighted by Crippen LogP contribution is 2.21. The van der Waals surface area contributed by atoms with Crippen molar-refractivity contribution in [2.45, 2.75) is 39.7 Å². The molecule has 0 aliphatic rings. The van der Waals surface area contributed by atoms with Gasteiger partial charge >= 0.3 is 0 Å². The van der Waals surface area contributed by atoms with Gasteiger partial charge in [0, 0.05) is 14.7 Å². The second-order valence-electron chi connectivity index (χ2n) is 4.54. The SMILES string of the molecule is CCCCc1nc(C)c(C(=O)NCc2cc(Br)cs2)s1. The minimum Gasteiger partial charge on any atom is -0.346 e. The zero-order valence-electron chi connectivity index (χ0n) is 11.5. The van der Waals surface area contributed by atoms with Gasteiger partial charge in [-0.25, -0.2) is 4.98 Å². The number of hydrogen-bond donors (Lipinski definition) is 1. The second-order valence-corrected chi connectivity index (χ2v) is 7.53. The Kier molecular flexibility index (Phi) is 5.74. The number of nitrogens with one attached hydrogen (secondary N) is 1. The fourth-order valence-electron chi connectivity index (χ4n) is 1.79. The van der Waals surface area contributed by atoms with Crippen LogP contribution in [0.2, 0.25) is 0 Å². The number of carbonyl (C=O) groups excluding carboxylic acids is 1. The highest BCUT2D eigenvalue weighted by atomic mass is 79.9. The molecule has 3 nitrogen and oxygen atoms in total. The van der Waals surface area contributed by atoms with E-state index in [1.54, 1.807) is 11.3 Å². The van der Waals surface area contributed by atoms with E-state index in [9.17, 15) is 4.79 Å². The van der Waals surface area contributed by atoms with Crippen LogP contribution in [0.4, 0.5) is 0 Å². The Hall–Kier alpha value is -0.720. The third-order valence-electron chi connectivity index (χ3n) is 2.84. The van der Waals surface area contributed by atoms with Crippen LogP contribution in [-0.2, 0) is 13.0 Å². The van der Waals surface area contributed by atoms with Gasteiger partial charge in [-0.3, -0.25) is 4.79 Å². The number of hydrogen-bond acceptors (Lipinski definition) is 4. The molecule has 0 bridgehead atoms. The number of unbranched alkanes of at least 4 members (excludes halogenated alkanes) is 1. The monoisotopic (exact) mass is 372 g/mol. The summed E-state index contributed by atoms with van der Waals surface area (Å²) < 4.78 is 1.06. The highest BCUT2D eigenvalue weighted by molar-refractivity contribution is 9.10. The number of thiophene rings is 1. The average molecular weight is 373 g/mol. The molecule has 108 valence electrons. The topological polar surface area (TPSA) is 42.0 Å². The maximum Gasteiger partial charge on any atom is 0.263 e. The number of aromatic nitrogens is 1. The van der Waals surface area contributed by atoms with E-state index < -0.39 is 0 Å². The smallest absolute Gasteiger partial charge is 0.263 e. The third kappa shape index (κ3) is 4.14. The molecule has 0 saturated heterocycles. The van der Waals surface area contributed by atoms with E-state index in [1.807, 2.05) is 18.4 Å². The first-order valence-electron chi connectivity index (χ1n) is 6.57. The molecule has 0 aromatic carbocycles. The Bertz CT molecular complexity index is 592. The lowest BCUT2D eigenvalue weighted by molar-refractivity contribution is 0.0954. The summed E-state index contributed by atoms with van der Waals surface area (Å²) in [6, 6.07) is 2.02. The predicted molar refractivity (Wildman–Crippen MR) is 88.7 cm³/mol. The Balaban J connectivity index is 1.96. The van der Waals surface area contributed by atoms with Crippen molar-refractivity contribution in [3.05, 3.63) is 36.4 Å². The Morgan fingerprint density at radius 2 is 2.30 bits per heavy atom. The summed E-state index contributed by atoms with van der Waals surface area (Å²) in [6.07, 6.45) is 3.23. The van der Waals surface area contributed by atoms with Gasteiger partial charge in [-0.2, -0.15) is 0 Å². The van der Waals surface area contributed by atoms with Gasteiger partial charge in [-0.1, -0.05) is 13.3 Å². The molecule has 0 aliphatic heterocycles. The quantitative estimate of drug-likeness (QED) is 0.807. The fraction of sp³-hybridized carbons (Fsp3) is 0.429. The van der Waals surface area contributed by atoms with Crippen molar-refractivity contribution in [1.29, 1.82) is 0 Å². The lowest BCUT2D eigenvalue weighted by Gasteiger charge is -2.01. The van der Waals surface area contributed by atoms with Gasteiger partial charge < -0.3 is 5.32 Å². The summed E-state index contributed by atoms with van der Waals surface area (Å²) in [7, 11) is 0. The van der Waals surface area contributed by atoms with Crippen molar-refractivity contribution in [2.24, 2.45) is 0 Å². The molecule has 0 fully saturated rings. The van der Waals surface area contributed by atoms with Crippen LogP contribution in [0, 0.1) is 6.92 Å². The van der Waals surface area contributed by atoms with Crippen LogP contribution < -0.4 is 5.32 Å². The molecule has 2 heterocycles. The molecule has 2 aromatic heterocycles. The van der Waals surface area contributed by atoms with Crippen molar-refractivity contribution in [1.82, 2.24) is 10.3 Å². The maximum absolute atomic E-state index is 12.2. The van der Waals surface area contributed by atoms with Crippen LogP contribution in [0.15, 0.2) is 15.9 Å². The van der Waals surface area contributed by atoms with E-state index in [1.165, 1.54) is 11.3 Å². The molecule has 0 spiro atoms. The molecule has 0 saturated carbocycles. The van der Waals surface area contributed by atoms with Crippen molar-refractivity contribution in [3.63, 3.8) is 0 Å². The van der Waals surface area contributed by atoms with Crippen LogP contribution in [-0.4, -0.2) is 10.9 Å². The van der Waals surface area contributed by atoms with Crippen LogP contribution in [0.5, 0.6) is 0 Å². The first-order chi connectivity index (χ1) is 9.60. The van der Waals surface area contributed by atoms with Crippen molar-refractivity contribution < 1.29 is 4.79 Å². The molecule has 20 heavy (non-hydrogen) atoms. The molecule has 0 atom stereocenters. The van der Waals surface area contributed by atoms with Crippen molar-refractivity contribution in [3.8, 4) is 0 Å². The van der Waals surface area contributed by atoms with E-state index in [0.717, 1.165) is 44.2 Å². The van der Waals surface area contributed by atoms with E-state index in [0.29, 0.717) is 6.54 Å². The van der Waals surface area contributed by atoms with Crippen LogP contribution in [0.3, 0.4) is 0 Å². The maximum atomic E-state index is 12.2. The summed E-state index contributed by atoms with van der Waals surface area (Å²) in [5, 5.41) is 6.04. The van der Waals surface area contributed by atoms with Gasteiger partial charge in [0.2, 0.25) is 0 Å². The number of nitrogens with zero attached hydrogens (tertiary/aromatic N) is 1. The summed E-state index contributed by atoms with van der Waals surface area (Å²) >= 11 is 6.57. The minimum atomic E-state index is -0.0210. The number of amides is 1. The van der Waals surface area contributed by atoms with E-state index in [4.69, 9.17) is 0 Å². The fourth-order valence-corrected chi connectivity index (χ4v) is 4.21. The first kappa shape index (κ1) is 15.7. The van der Waals surface area contributed by atoms with Gasteiger partial charge in [0.15, 0.2) is 0 Å². The van der Waals surface area contributed by atoms with Crippen LogP contribution in [0.25, 0.3) is 0 Å². The molecule has 0 aliphatic carbocycles. The van der Waals surface area contributed by atoms with Gasteiger partial charge in [-0.15, -0.1) is 22.7 Å². The third-order valence-corrected chi connectivity index (χ3v) is 5.75. The van der Waals surface area contributed by atoms with Gasteiger partial charge in [0.25, 0.3) is 5.91 Å². The molecule has 1 N–H and O–H groups in total. The Morgan fingerprint density at radius 1 is 1.50 bits per heavy atom. The number of carbonyl (C=O) groups is 1.